The molecule has 0 saturated carbocycles. The van der Waals surface area contributed by atoms with Crippen LogP contribution < -0.4 is 15.4 Å². The van der Waals surface area contributed by atoms with Gasteiger partial charge in [0.25, 0.3) is 0 Å². The third-order valence-corrected chi connectivity index (χ3v) is 2.99. The monoisotopic (exact) mass is 257 g/mol. The summed E-state index contributed by atoms with van der Waals surface area (Å²) in [6.07, 6.45) is 0.921. The van der Waals surface area contributed by atoms with Crippen molar-refractivity contribution >= 4 is 11.9 Å². The van der Waals surface area contributed by atoms with Crippen LogP contribution in [0.5, 0.6) is 5.75 Å². The van der Waals surface area contributed by atoms with Crippen LogP contribution in [0.1, 0.15) is 5.56 Å². The summed E-state index contributed by atoms with van der Waals surface area (Å²) in [7, 11) is 3.74. The minimum Gasteiger partial charge on any atom is -0.493 e. The van der Waals surface area contributed by atoms with Gasteiger partial charge >= 0.3 is 0 Å². The normalized spacial score (nSPS) is 12.9. The van der Waals surface area contributed by atoms with Crippen molar-refractivity contribution in [2.24, 2.45) is 0 Å². The van der Waals surface area contributed by atoms with Crippen molar-refractivity contribution in [2.75, 3.05) is 31.3 Å². The molecule has 2 heterocycles. The fourth-order valence-electron chi connectivity index (χ4n) is 2.04. The minimum atomic E-state index is 0.227. The average molecular weight is 257 g/mol. The van der Waals surface area contributed by atoms with Crippen LogP contribution in [0.3, 0.4) is 0 Å². The van der Waals surface area contributed by atoms with E-state index in [9.17, 15) is 0 Å². The first-order valence-electron chi connectivity index (χ1n) is 6.08. The second-order valence-corrected chi connectivity index (χ2v) is 4.63. The third kappa shape index (κ3) is 2.16. The smallest absolute Gasteiger partial charge is 0.230 e. The Hall–Kier alpha value is -2.37. The predicted molar refractivity (Wildman–Crippen MR) is 73.2 cm³/mol. The highest BCUT2D eigenvalue weighted by atomic mass is 16.5. The molecule has 0 spiro atoms. The summed E-state index contributed by atoms with van der Waals surface area (Å²) in [5, 5.41) is 0. The standard InChI is InChI=1S/C13H15N5O/c1-18(2)13-16-11(15-12(14)17-13)9-3-4-10-8(7-9)5-6-19-10/h3-4,7H,5-6H2,1-2H3,(H2,14,15,16,17). The summed E-state index contributed by atoms with van der Waals surface area (Å²) in [5.41, 5.74) is 7.85. The summed E-state index contributed by atoms with van der Waals surface area (Å²) in [6, 6.07) is 5.95. The van der Waals surface area contributed by atoms with Gasteiger partial charge in [0.15, 0.2) is 5.82 Å². The van der Waals surface area contributed by atoms with Crippen molar-refractivity contribution in [3.63, 3.8) is 0 Å². The van der Waals surface area contributed by atoms with Crippen LogP contribution >= 0.6 is 0 Å². The number of ether oxygens (including phenoxy) is 1. The summed E-state index contributed by atoms with van der Waals surface area (Å²) in [4.78, 5) is 14.5. The number of nitrogens with zero attached hydrogens (tertiary/aromatic N) is 4. The van der Waals surface area contributed by atoms with Gasteiger partial charge in [0.1, 0.15) is 5.75 Å². The molecule has 19 heavy (non-hydrogen) atoms. The average Bonchev–Trinajstić information content (AvgIpc) is 2.85. The molecule has 98 valence electrons. The summed E-state index contributed by atoms with van der Waals surface area (Å²) in [6.45, 7) is 0.737. The van der Waals surface area contributed by atoms with E-state index in [2.05, 4.69) is 21.0 Å². The van der Waals surface area contributed by atoms with Gasteiger partial charge < -0.3 is 15.4 Å². The van der Waals surface area contributed by atoms with Crippen molar-refractivity contribution in [2.45, 2.75) is 6.42 Å². The molecule has 6 heteroatoms. The molecule has 0 unspecified atom stereocenters. The first-order valence-corrected chi connectivity index (χ1v) is 6.08. The molecule has 2 N–H and O–H groups in total. The van der Waals surface area contributed by atoms with Gasteiger partial charge in [-0.2, -0.15) is 15.0 Å². The SMILES string of the molecule is CN(C)c1nc(N)nc(-c2ccc3c(c2)CCO3)n1. The molecule has 0 radical (unpaired) electrons. The lowest BCUT2D eigenvalue weighted by Crippen LogP contribution is -2.15. The third-order valence-electron chi connectivity index (χ3n) is 2.99. The van der Waals surface area contributed by atoms with E-state index in [1.807, 2.05) is 26.2 Å². The van der Waals surface area contributed by atoms with Crippen LogP contribution in [0, 0.1) is 0 Å². The largest absolute Gasteiger partial charge is 0.493 e. The highest BCUT2D eigenvalue weighted by Gasteiger charge is 2.15. The molecule has 0 fully saturated rings. The van der Waals surface area contributed by atoms with Gasteiger partial charge in [-0.1, -0.05) is 0 Å². The van der Waals surface area contributed by atoms with E-state index in [0.717, 1.165) is 24.3 Å². The number of nitrogens with two attached hydrogens (primary N) is 1. The first kappa shape index (κ1) is 11.7. The molecule has 1 aliphatic rings. The highest BCUT2D eigenvalue weighted by molar-refractivity contribution is 5.61. The topological polar surface area (TPSA) is 77.2 Å². The molecule has 0 saturated heterocycles. The van der Waals surface area contributed by atoms with Gasteiger partial charge in [-0.3, -0.25) is 0 Å². The van der Waals surface area contributed by atoms with E-state index < -0.39 is 0 Å². The molecule has 0 atom stereocenters. The second kappa shape index (κ2) is 4.38. The van der Waals surface area contributed by atoms with Gasteiger partial charge in [-0.25, -0.2) is 0 Å². The van der Waals surface area contributed by atoms with E-state index in [1.54, 1.807) is 4.90 Å². The number of fused-ring (bicyclic) bond motifs is 1. The zero-order valence-electron chi connectivity index (χ0n) is 10.9. The number of hydrogen-bond acceptors (Lipinski definition) is 6. The lowest BCUT2D eigenvalue weighted by Gasteiger charge is -2.11. The van der Waals surface area contributed by atoms with E-state index in [4.69, 9.17) is 10.5 Å². The number of hydrogen-bond donors (Lipinski definition) is 1. The lowest BCUT2D eigenvalue weighted by atomic mass is 10.1. The zero-order valence-corrected chi connectivity index (χ0v) is 10.9. The van der Waals surface area contributed by atoms with E-state index in [1.165, 1.54) is 5.56 Å². The van der Waals surface area contributed by atoms with Gasteiger partial charge in [-0.05, 0) is 23.8 Å². The Kier molecular flexibility index (Phi) is 2.70. The molecule has 1 aromatic heterocycles. The number of nitrogen functional groups attached to an aromatic ring is 1. The van der Waals surface area contributed by atoms with Crippen LogP contribution in [-0.2, 0) is 6.42 Å². The Labute approximate surface area is 111 Å². The fraction of sp³-hybridized carbons (Fsp3) is 0.308. The molecule has 0 amide bonds. The quantitative estimate of drug-likeness (QED) is 0.868. The molecule has 6 nitrogen and oxygen atoms in total. The maximum Gasteiger partial charge on any atom is 0.230 e. The summed E-state index contributed by atoms with van der Waals surface area (Å²) >= 11 is 0. The van der Waals surface area contributed by atoms with Crippen LogP contribution in [0.25, 0.3) is 11.4 Å². The first-order chi connectivity index (χ1) is 9.13. The molecule has 0 aliphatic carbocycles. The van der Waals surface area contributed by atoms with Crippen LogP contribution in [-0.4, -0.2) is 35.7 Å². The molecule has 3 rings (SSSR count). The Bertz CT molecular complexity index is 626. The zero-order chi connectivity index (χ0) is 13.4. The van der Waals surface area contributed by atoms with E-state index in [0.29, 0.717) is 11.8 Å². The molecular formula is C13H15N5O. The van der Waals surface area contributed by atoms with Crippen LogP contribution in [0.4, 0.5) is 11.9 Å². The minimum absolute atomic E-state index is 0.227. The Morgan fingerprint density at radius 1 is 1.21 bits per heavy atom. The van der Waals surface area contributed by atoms with Gasteiger partial charge in [0, 0.05) is 26.1 Å². The molecule has 0 bridgehead atoms. The second-order valence-electron chi connectivity index (χ2n) is 4.63. The molecule has 1 aliphatic heterocycles. The van der Waals surface area contributed by atoms with Gasteiger partial charge in [0.2, 0.25) is 11.9 Å². The molecular weight excluding hydrogens is 242 g/mol. The van der Waals surface area contributed by atoms with Crippen molar-refractivity contribution in [1.82, 2.24) is 15.0 Å². The van der Waals surface area contributed by atoms with Crippen molar-refractivity contribution in [3.8, 4) is 17.1 Å². The van der Waals surface area contributed by atoms with Crippen molar-refractivity contribution in [1.29, 1.82) is 0 Å². The highest BCUT2D eigenvalue weighted by Crippen LogP contribution is 2.29. The number of aromatic nitrogens is 3. The number of benzene rings is 1. The number of rotatable bonds is 2. The van der Waals surface area contributed by atoms with Gasteiger partial charge in [-0.15, -0.1) is 0 Å². The van der Waals surface area contributed by atoms with Crippen molar-refractivity contribution in [3.05, 3.63) is 23.8 Å². The van der Waals surface area contributed by atoms with E-state index in [-0.39, 0.29) is 5.95 Å². The van der Waals surface area contributed by atoms with Crippen molar-refractivity contribution < 1.29 is 4.74 Å². The fourth-order valence-corrected chi connectivity index (χ4v) is 2.04. The summed E-state index contributed by atoms with van der Waals surface area (Å²) in [5.74, 6) is 2.31. The molecule has 2 aromatic rings. The van der Waals surface area contributed by atoms with E-state index >= 15 is 0 Å². The summed E-state index contributed by atoms with van der Waals surface area (Å²) < 4.78 is 5.49. The van der Waals surface area contributed by atoms with Gasteiger partial charge in [0.05, 0.1) is 6.61 Å². The predicted octanol–water partition coefficient (Wildman–Crippen LogP) is 1.12. The lowest BCUT2D eigenvalue weighted by molar-refractivity contribution is 0.357. The maximum atomic E-state index is 5.73. The Morgan fingerprint density at radius 2 is 2.05 bits per heavy atom. The molecule has 1 aromatic carbocycles. The Balaban J connectivity index is 2.06. The Morgan fingerprint density at radius 3 is 2.84 bits per heavy atom. The van der Waals surface area contributed by atoms with Crippen LogP contribution in [0.2, 0.25) is 0 Å². The van der Waals surface area contributed by atoms with Crippen LogP contribution in [0.15, 0.2) is 18.2 Å². The number of anilines is 2. The maximum absolute atomic E-state index is 5.73.